The van der Waals surface area contributed by atoms with Crippen LogP contribution in [0.15, 0.2) is 0 Å². The average Bonchev–Trinajstić information content (AvgIpc) is 0.722. The zero-order valence-corrected chi connectivity index (χ0v) is 10.6. The van der Waals surface area contributed by atoms with Crippen LogP contribution in [0.2, 0.25) is 0 Å². The SMILES string of the molecule is O=S(=O)([O-])[O-].[O-2].[Zn+2].[Zn+2]. The van der Waals surface area contributed by atoms with Crippen molar-refractivity contribution in [3.8, 4) is 0 Å². The maximum atomic E-state index is 8.52. The molecule has 0 saturated carbocycles. The number of rotatable bonds is 0. The van der Waals surface area contributed by atoms with Gasteiger partial charge in [0.15, 0.2) is 0 Å². The summed E-state index contributed by atoms with van der Waals surface area (Å²) in [6.45, 7) is 0. The van der Waals surface area contributed by atoms with E-state index in [1.807, 2.05) is 0 Å². The molecule has 0 N–H and O–H groups in total. The monoisotopic (exact) mass is 240 g/mol. The summed E-state index contributed by atoms with van der Waals surface area (Å²) in [5.74, 6) is 0. The Morgan fingerprint density at radius 3 is 1.00 bits per heavy atom. The number of hydrogen-bond donors (Lipinski definition) is 0. The van der Waals surface area contributed by atoms with E-state index in [0.29, 0.717) is 0 Å². The fourth-order valence-electron chi connectivity index (χ4n) is 0. The fourth-order valence-corrected chi connectivity index (χ4v) is 0. The van der Waals surface area contributed by atoms with Crippen LogP contribution < -0.4 is 0 Å². The maximum absolute atomic E-state index is 8.52. The minimum atomic E-state index is -5.17. The van der Waals surface area contributed by atoms with E-state index in [1.165, 1.54) is 0 Å². The molecule has 5 nitrogen and oxygen atoms in total. The van der Waals surface area contributed by atoms with Crippen LogP contribution in [0.4, 0.5) is 0 Å². The molecule has 0 unspecified atom stereocenters. The summed E-state index contributed by atoms with van der Waals surface area (Å²) in [4.78, 5) is 0. The standard InChI is InChI=1S/H2O4S.O.2Zn/c1-5(2,3)4;;;/h(H2,1,2,3,4);;;/q;-2;2*+2/p-2. The normalized spacial score (nSPS) is 7.25. The van der Waals surface area contributed by atoms with Gasteiger partial charge >= 0.3 is 39.0 Å². The summed E-state index contributed by atoms with van der Waals surface area (Å²) in [5, 5.41) is 0. The van der Waals surface area contributed by atoms with E-state index in [0.717, 1.165) is 0 Å². The van der Waals surface area contributed by atoms with E-state index >= 15 is 0 Å². The van der Waals surface area contributed by atoms with Crippen molar-refractivity contribution in [2.24, 2.45) is 0 Å². The van der Waals surface area contributed by atoms with Gasteiger partial charge in [-0.2, -0.15) is 0 Å². The smallest absolute Gasteiger partial charge is 2.00 e. The van der Waals surface area contributed by atoms with E-state index in [-0.39, 0.29) is 44.4 Å². The molecule has 0 aromatic heterocycles. The summed E-state index contributed by atoms with van der Waals surface area (Å²) in [6, 6.07) is 0. The molecule has 0 saturated heterocycles. The Bertz CT molecular complexity index is 93.6. The Labute approximate surface area is 72.3 Å². The topological polar surface area (TPSA) is 109 Å². The molecule has 0 bridgehead atoms. The molecule has 8 heteroatoms. The molecule has 0 amide bonds. The number of hydrogen-bond acceptors (Lipinski definition) is 4. The third-order valence-electron chi connectivity index (χ3n) is 0. The molecule has 0 aliphatic carbocycles. The molecule has 0 aromatic rings. The molecule has 0 rings (SSSR count). The molecule has 0 aliphatic heterocycles. The van der Waals surface area contributed by atoms with Crippen molar-refractivity contribution in [3.63, 3.8) is 0 Å². The second-order valence-corrected chi connectivity index (χ2v) is 1.22. The van der Waals surface area contributed by atoms with Crippen LogP contribution in [0, 0.1) is 0 Å². The van der Waals surface area contributed by atoms with Gasteiger partial charge in [0, 0.05) is 10.4 Å². The van der Waals surface area contributed by atoms with Gasteiger partial charge in [0.05, 0.1) is 0 Å². The Balaban J connectivity index is -0.0000000267. The van der Waals surface area contributed by atoms with Crippen molar-refractivity contribution < 1.29 is 62.0 Å². The molecular weight excluding hydrogens is 243 g/mol. The van der Waals surface area contributed by atoms with Crippen molar-refractivity contribution in [2.45, 2.75) is 0 Å². The molecular formula is O5SZn2. The zero-order chi connectivity index (χ0) is 4.50. The molecule has 0 aromatic carbocycles. The first-order chi connectivity index (χ1) is 2.00. The van der Waals surface area contributed by atoms with Crippen LogP contribution in [0.1, 0.15) is 0 Å². The third-order valence-corrected chi connectivity index (χ3v) is 0. The van der Waals surface area contributed by atoms with Gasteiger partial charge in [-0.25, -0.2) is 0 Å². The zero-order valence-electron chi connectivity index (χ0n) is 3.86. The summed E-state index contributed by atoms with van der Waals surface area (Å²) in [6.07, 6.45) is 0. The van der Waals surface area contributed by atoms with Gasteiger partial charge in [-0.3, -0.25) is 8.42 Å². The van der Waals surface area contributed by atoms with Gasteiger partial charge in [0.1, 0.15) is 0 Å². The van der Waals surface area contributed by atoms with Crippen LogP contribution in [0.25, 0.3) is 0 Å². The Morgan fingerprint density at radius 2 is 1.00 bits per heavy atom. The van der Waals surface area contributed by atoms with Crippen LogP contribution in [-0.2, 0) is 54.8 Å². The minimum absolute atomic E-state index is 0. The van der Waals surface area contributed by atoms with Gasteiger partial charge in [-0.1, -0.05) is 0 Å². The first-order valence-corrected chi connectivity index (χ1v) is 2.00. The average molecular weight is 243 g/mol. The van der Waals surface area contributed by atoms with E-state index in [9.17, 15) is 0 Å². The molecule has 0 aliphatic rings. The molecule has 40 valence electrons. The Kier molecular flexibility index (Phi) is 23.2. The van der Waals surface area contributed by atoms with Crippen molar-refractivity contribution in [1.29, 1.82) is 0 Å². The third kappa shape index (κ3) is 225. The minimum Gasteiger partial charge on any atom is -2.00 e. The van der Waals surface area contributed by atoms with E-state index in [4.69, 9.17) is 17.5 Å². The molecule has 0 radical (unpaired) electrons. The molecule has 8 heavy (non-hydrogen) atoms. The first-order valence-electron chi connectivity index (χ1n) is 0.667. The van der Waals surface area contributed by atoms with E-state index in [2.05, 4.69) is 0 Å². The second kappa shape index (κ2) is 8.08. The van der Waals surface area contributed by atoms with Crippen LogP contribution >= 0.6 is 0 Å². The van der Waals surface area contributed by atoms with Gasteiger partial charge in [0.2, 0.25) is 0 Å². The summed E-state index contributed by atoms with van der Waals surface area (Å²) in [7, 11) is -5.17. The van der Waals surface area contributed by atoms with E-state index in [1.54, 1.807) is 0 Å². The predicted molar refractivity (Wildman–Crippen MR) is 11.2 cm³/mol. The largest absolute Gasteiger partial charge is 2.00 e. The summed E-state index contributed by atoms with van der Waals surface area (Å²) < 4.78 is 34.1. The summed E-state index contributed by atoms with van der Waals surface area (Å²) in [5.41, 5.74) is 0. The van der Waals surface area contributed by atoms with Crippen molar-refractivity contribution >= 4 is 10.4 Å². The van der Waals surface area contributed by atoms with Crippen LogP contribution in [-0.4, -0.2) is 17.5 Å². The van der Waals surface area contributed by atoms with Gasteiger partial charge in [-0.05, 0) is 0 Å². The molecule has 0 fully saturated rings. The van der Waals surface area contributed by atoms with Crippen LogP contribution in [0.5, 0.6) is 0 Å². The van der Waals surface area contributed by atoms with E-state index < -0.39 is 10.4 Å². The fraction of sp³-hybridized carbons (Fsp3) is 0. The van der Waals surface area contributed by atoms with Crippen molar-refractivity contribution in [2.75, 3.05) is 0 Å². The van der Waals surface area contributed by atoms with Gasteiger partial charge in [0.25, 0.3) is 0 Å². The summed E-state index contributed by atoms with van der Waals surface area (Å²) >= 11 is 0. The first kappa shape index (κ1) is 23.0. The van der Waals surface area contributed by atoms with Crippen molar-refractivity contribution in [1.82, 2.24) is 0 Å². The van der Waals surface area contributed by atoms with Crippen LogP contribution in [0.3, 0.4) is 0 Å². The molecule has 0 atom stereocenters. The maximum Gasteiger partial charge on any atom is 2.00 e. The van der Waals surface area contributed by atoms with Crippen molar-refractivity contribution in [3.05, 3.63) is 0 Å². The van der Waals surface area contributed by atoms with Gasteiger partial charge < -0.3 is 14.6 Å². The molecule has 0 spiro atoms. The Morgan fingerprint density at radius 1 is 1.00 bits per heavy atom. The Hall–Kier alpha value is 1.08. The van der Waals surface area contributed by atoms with Gasteiger partial charge in [-0.15, -0.1) is 0 Å². The predicted octanol–water partition coefficient (Wildman–Crippen LogP) is -1.46. The molecule has 0 heterocycles. The second-order valence-electron chi connectivity index (χ2n) is 0.408. The quantitative estimate of drug-likeness (QED) is 0.294.